The first kappa shape index (κ1) is 10.2. The molecule has 0 bridgehead atoms. The summed E-state index contributed by atoms with van der Waals surface area (Å²) in [5.74, 6) is 2.50. The van der Waals surface area contributed by atoms with E-state index in [2.05, 4.69) is 16.6 Å². The fraction of sp³-hybridized carbons (Fsp3) is 0.571. The van der Waals surface area contributed by atoms with Crippen LogP contribution in [0.25, 0.3) is 0 Å². The maximum absolute atomic E-state index is 5.18. The largest absolute Gasteiger partial charge is 0.382 e. The van der Waals surface area contributed by atoms with Crippen LogP contribution in [0.5, 0.6) is 0 Å². The summed E-state index contributed by atoms with van der Waals surface area (Å²) in [6, 6.07) is -0.153. The van der Waals surface area contributed by atoms with Gasteiger partial charge in [-0.15, -0.1) is 6.42 Å². The summed E-state index contributed by atoms with van der Waals surface area (Å²) in [6.45, 7) is 0.457. The Morgan fingerprint density at radius 2 is 2.45 bits per heavy atom. The maximum atomic E-state index is 5.18. The monoisotopic (exact) mass is 172 g/mol. The van der Waals surface area contributed by atoms with E-state index < -0.39 is 0 Å². The van der Waals surface area contributed by atoms with Crippen molar-refractivity contribution in [3.05, 3.63) is 0 Å². The molecule has 0 heterocycles. The quantitative estimate of drug-likeness (QED) is 0.453. The Labute approximate surface area is 72.5 Å². The molecule has 0 saturated carbocycles. The number of ether oxygens (including phenoxy) is 1. The van der Waals surface area contributed by atoms with E-state index in [1.54, 1.807) is 14.2 Å². The van der Waals surface area contributed by atoms with Crippen LogP contribution >= 0.6 is 12.2 Å². The van der Waals surface area contributed by atoms with E-state index in [4.69, 9.17) is 23.4 Å². The number of terminal acetylenes is 1. The second-order valence-electron chi connectivity index (χ2n) is 1.90. The molecule has 0 rings (SSSR count). The molecule has 0 spiro atoms. The Morgan fingerprint density at radius 3 is 2.82 bits per heavy atom. The highest BCUT2D eigenvalue weighted by atomic mass is 32.1. The van der Waals surface area contributed by atoms with Crippen molar-refractivity contribution >= 4 is 17.3 Å². The van der Waals surface area contributed by atoms with E-state index in [9.17, 15) is 0 Å². The Bertz CT molecular complexity index is 164. The van der Waals surface area contributed by atoms with Crippen LogP contribution in [0.3, 0.4) is 0 Å². The van der Waals surface area contributed by atoms with E-state index >= 15 is 0 Å². The molecular weight excluding hydrogens is 160 g/mol. The van der Waals surface area contributed by atoms with Crippen LogP contribution in [0.15, 0.2) is 0 Å². The van der Waals surface area contributed by atoms with Crippen LogP contribution in [-0.4, -0.2) is 31.9 Å². The zero-order chi connectivity index (χ0) is 8.69. The molecule has 0 radical (unpaired) electrons. The summed E-state index contributed by atoms with van der Waals surface area (Å²) in [5, 5.41) is 6.17. The van der Waals surface area contributed by atoms with Crippen LogP contribution < -0.4 is 10.6 Å². The highest BCUT2D eigenvalue weighted by molar-refractivity contribution is 7.80. The smallest absolute Gasteiger partial charge is 0.167 e. The van der Waals surface area contributed by atoms with Gasteiger partial charge in [0.1, 0.15) is 6.04 Å². The van der Waals surface area contributed by atoms with Gasteiger partial charge in [0.15, 0.2) is 5.11 Å². The van der Waals surface area contributed by atoms with Crippen LogP contribution in [0, 0.1) is 12.3 Å². The highest BCUT2D eigenvalue weighted by Crippen LogP contribution is 1.81. The number of methoxy groups -OCH3 is 1. The molecule has 11 heavy (non-hydrogen) atoms. The van der Waals surface area contributed by atoms with Gasteiger partial charge in [0, 0.05) is 14.2 Å². The number of nitrogens with one attached hydrogen (secondary N) is 2. The molecule has 62 valence electrons. The predicted octanol–water partition coefficient (Wildman–Crippen LogP) is -0.272. The minimum atomic E-state index is -0.153. The molecule has 0 aromatic rings. The second-order valence-corrected chi connectivity index (χ2v) is 2.31. The molecule has 1 atom stereocenters. The molecule has 1 unspecified atom stereocenters. The first-order valence-electron chi connectivity index (χ1n) is 3.18. The summed E-state index contributed by atoms with van der Waals surface area (Å²) in [6.07, 6.45) is 5.18. The number of thiocarbonyl (C=S) groups is 1. The lowest BCUT2D eigenvalue weighted by atomic mass is 10.3. The normalized spacial score (nSPS) is 11.4. The maximum Gasteiger partial charge on any atom is 0.167 e. The van der Waals surface area contributed by atoms with Crippen LogP contribution in [0.4, 0.5) is 0 Å². The van der Waals surface area contributed by atoms with Crippen molar-refractivity contribution in [3.8, 4) is 12.3 Å². The molecule has 4 heteroatoms. The lowest BCUT2D eigenvalue weighted by molar-refractivity contribution is 0.189. The molecule has 0 aliphatic carbocycles. The van der Waals surface area contributed by atoms with Crippen molar-refractivity contribution in [2.75, 3.05) is 20.8 Å². The van der Waals surface area contributed by atoms with E-state index in [0.29, 0.717) is 11.7 Å². The number of hydrogen-bond acceptors (Lipinski definition) is 2. The third-order valence-electron chi connectivity index (χ3n) is 1.07. The van der Waals surface area contributed by atoms with Crippen LogP contribution in [0.1, 0.15) is 0 Å². The second kappa shape index (κ2) is 5.96. The Kier molecular flexibility index (Phi) is 5.53. The first-order chi connectivity index (χ1) is 5.24. The van der Waals surface area contributed by atoms with E-state index in [0.717, 1.165) is 0 Å². The molecule has 2 N–H and O–H groups in total. The van der Waals surface area contributed by atoms with Crippen LogP contribution in [-0.2, 0) is 4.74 Å². The lowest BCUT2D eigenvalue weighted by Crippen LogP contribution is -2.41. The molecule has 0 aromatic carbocycles. The molecule has 0 saturated heterocycles. The first-order valence-corrected chi connectivity index (χ1v) is 3.58. The topological polar surface area (TPSA) is 33.3 Å². The summed E-state index contributed by atoms with van der Waals surface area (Å²) >= 11 is 4.84. The standard InChI is InChI=1S/C7H12N2OS/c1-4-6(5-10-3)9-7(11)8-2/h1,6H,5H2,2-3H3,(H2,8,9,11). The van der Waals surface area contributed by atoms with Crippen molar-refractivity contribution in [3.63, 3.8) is 0 Å². The highest BCUT2D eigenvalue weighted by Gasteiger charge is 2.03. The lowest BCUT2D eigenvalue weighted by Gasteiger charge is -2.12. The van der Waals surface area contributed by atoms with E-state index in [-0.39, 0.29) is 6.04 Å². The van der Waals surface area contributed by atoms with Gasteiger partial charge in [-0.1, -0.05) is 5.92 Å². The number of hydrogen-bond donors (Lipinski definition) is 2. The van der Waals surface area contributed by atoms with Crippen LogP contribution in [0.2, 0.25) is 0 Å². The zero-order valence-electron chi connectivity index (χ0n) is 6.68. The summed E-state index contributed by atoms with van der Waals surface area (Å²) in [7, 11) is 3.32. The number of rotatable bonds is 3. The van der Waals surface area contributed by atoms with Crippen molar-refractivity contribution in [2.24, 2.45) is 0 Å². The van der Waals surface area contributed by atoms with E-state index in [1.165, 1.54) is 0 Å². The summed E-state index contributed by atoms with van der Waals surface area (Å²) < 4.78 is 4.85. The van der Waals surface area contributed by atoms with Crippen molar-refractivity contribution in [1.82, 2.24) is 10.6 Å². The average Bonchev–Trinajstić information content (AvgIpc) is 2.03. The Hall–Kier alpha value is -0.790. The van der Waals surface area contributed by atoms with Crippen molar-refractivity contribution in [2.45, 2.75) is 6.04 Å². The SMILES string of the molecule is C#CC(COC)NC(=S)NC. The molecule has 0 aliphatic rings. The van der Waals surface area contributed by atoms with E-state index in [1.807, 2.05) is 0 Å². The Balaban J connectivity index is 3.70. The molecule has 0 amide bonds. The molecular formula is C7H12N2OS. The minimum absolute atomic E-state index is 0.153. The predicted molar refractivity (Wildman–Crippen MR) is 49.3 cm³/mol. The molecule has 0 aliphatic heterocycles. The average molecular weight is 172 g/mol. The fourth-order valence-electron chi connectivity index (χ4n) is 0.529. The minimum Gasteiger partial charge on any atom is -0.382 e. The Morgan fingerprint density at radius 1 is 1.82 bits per heavy atom. The van der Waals surface area contributed by atoms with Gasteiger partial charge >= 0.3 is 0 Å². The van der Waals surface area contributed by atoms with Crippen molar-refractivity contribution < 1.29 is 4.74 Å². The van der Waals surface area contributed by atoms with Crippen molar-refractivity contribution in [1.29, 1.82) is 0 Å². The van der Waals surface area contributed by atoms with Gasteiger partial charge in [0.25, 0.3) is 0 Å². The third-order valence-corrected chi connectivity index (χ3v) is 1.39. The van der Waals surface area contributed by atoms with Gasteiger partial charge in [-0.25, -0.2) is 0 Å². The van der Waals surface area contributed by atoms with Gasteiger partial charge in [-0.2, -0.15) is 0 Å². The fourth-order valence-corrected chi connectivity index (χ4v) is 0.671. The third kappa shape index (κ3) is 4.59. The molecule has 0 fully saturated rings. The van der Waals surface area contributed by atoms with Gasteiger partial charge < -0.3 is 15.4 Å². The van der Waals surface area contributed by atoms with Gasteiger partial charge in [0.2, 0.25) is 0 Å². The molecule has 3 nitrogen and oxygen atoms in total. The summed E-state index contributed by atoms with van der Waals surface area (Å²) in [5.41, 5.74) is 0. The van der Waals surface area contributed by atoms with Gasteiger partial charge in [-0.3, -0.25) is 0 Å². The zero-order valence-corrected chi connectivity index (χ0v) is 7.49. The molecule has 0 aromatic heterocycles. The van der Waals surface area contributed by atoms with Gasteiger partial charge in [-0.05, 0) is 12.2 Å². The summed E-state index contributed by atoms with van der Waals surface area (Å²) in [4.78, 5) is 0. The van der Waals surface area contributed by atoms with Gasteiger partial charge in [0.05, 0.1) is 6.61 Å².